The standard InChI is InChI=1S/C14H17NO5.2H2S/c15-12(14(19)20)8-11(16)7-10(13(17)18)6-9-4-2-1-3-5-9;;/h1-5,10,12H,6-8,15H2,(H,17,18)(H,19,20);2*1H2/t10-,12+;;/m1../s1. The van der Waals surface area contributed by atoms with Gasteiger partial charge in [0.05, 0.1) is 5.92 Å². The highest BCUT2D eigenvalue weighted by Crippen LogP contribution is 2.14. The molecule has 0 heterocycles. The third kappa shape index (κ3) is 8.06. The predicted octanol–water partition coefficient (Wildman–Crippen LogP) is 0.917. The first-order valence-electron chi connectivity index (χ1n) is 6.17. The molecule has 0 unspecified atom stereocenters. The second-order valence-corrected chi connectivity index (χ2v) is 4.62. The third-order valence-electron chi connectivity index (χ3n) is 2.91. The molecule has 0 aliphatic heterocycles. The number of nitrogens with two attached hydrogens (primary N) is 1. The number of ketones is 1. The lowest BCUT2D eigenvalue weighted by molar-refractivity contribution is -0.144. The fraction of sp³-hybridized carbons (Fsp3) is 0.357. The van der Waals surface area contributed by atoms with Crippen molar-refractivity contribution in [3.05, 3.63) is 35.9 Å². The van der Waals surface area contributed by atoms with Gasteiger partial charge >= 0.3 is 11.9 Å². The van der Waals surface area contributed by atoms with Crippen LogP contribution in [0.1, 0.15) is 18.4 Å². The van der Waals surface area contributed by atoms with Crippen LogP contribution in [0.3, 0.4) is 0 Å². The van der Waals surface area contributed by atoms with Crippen LogP contribution in [0.2, 0.25) is 0 Å². The Kier molecular flexibility index (Phi) is 11.5. The number of hydrogen-bond acceptors (Lipinski definition) is 4. The fourth-order valence-corrected chi connectivity index (χ4v) is 1.84. The Morgan fingerprint density at radius 1 is 0.955 bits per heavy atom. The molecule has 0 aliphatic rings. The summed E-state index contributed by atoms with van der Waals surface area (Å²) in [6.45, 7) is 0. The van der Waals surface area contributed by atoms with E-state index >= 15 is 0 Å². The van der Waals surface area contributed by atoms with Crippen LogP contribution >= 0.6 is 27.0 Å². The van der Waals surface area contributed by atoms with Gasteiger partial charge in [0, 0.05) is 12.8 Å². The molecule has 8 heteroatoms. The Bertz CT molecular complexity index is 495. The van der Waals surface area contributed by atoms with Crippen LogP contribution in [0.5, 0.6) is 0 Å². The van der Waals surface area contributed by atoms with E-state index in [1.807, 2.05) is 6.07 Å². The van der Waals surface area contributed by atoms with Crippen molar-refractivity contribution < 1.29 is 24.6 Å². The van der Waals surface area contributed by atoms with E-state index in [4.69, 9.17) is 15.9 Å². The Morgan fingerprint density at radius 3 is 1.95 bits per heavy atom. The Morgan fingerprint density at radius 2 is 1.50 bits per heavy atom. The Hall–Kier alpha value is -1.51. The number of aliphatic carboxylic acids is 2. The van der Waals surface area contributed by atoms with E-state index in [0.717, 1.165) is 5.56 Å². The van der Waals surface area contributed by atoms with Crippen LogP contribution in [0, 0.1) is 5.92 Å². The molecule has 1 aromatic rings. The van der Waals surface area contributed by atoms with E-state index < -0.39 is 29.7 Å². The summed E-state index contributed by atoms with van der Waals surface area (Å²) in [6, 6.07) is 7.67. The van der Waals surface area contributed by atoms with Crippen molar-refractivity contribution in [3.8, 4) is 0 Å². The Labute approximate surface area is 142 Å². The summed E-state index contributed by atoms with van der Waals surface area (Å²) >= 11 is 0. The quantitative estimate of drug-likeness (QED) is 0.643. The molecule has 1 rings (SSSR count). The van der Waals surface area contributed by atoms with Crippen molar-refractivity contribution in [3.63, 3.8) is 0 Å². The zero-order valence-corrected chi connectivity index (χ0v) is 13.9. The number of Topliss-reactive ketones (excluding diaryl/α,β-unsaturated/α-hetero) is 1. The number of carboxylic acids is 2. The molecule has 0 bridgehead atoms. The minimum Gasteiger partial charge on any atom is -0.481 e. The highest BCUT2D eigenvalue weighted by atomic mass is 32.1. The van der Waals surface area contributed by atoms with Crippen LogP contribution in [-0.2, 0) is 20.8 Å². The third-order valence-corrected chi connectivity index (χ3v) is 2.91. The van der Waals surface area contributed by atoms with Crippen LogP contribution in [0.4, 0.5) is 0 Å². The molecule has 0 fully saturated rings. The molecular weight excluding hydrogens is 326 g/mol. The van der Waals surface area contributed by atoms with Gasteiger partial charge in [-0.3, -0.25) is 14.4 Å². The molecule has 0 saturated carbocycles. The molecular formula is C14H21NO5S2. The van der Waals surface area contributed by atoms with Crippen LogP contribution in [-0.4, -0.2) is 34.0 Å². The molecule has 0 saturated heterocycles. The van der Waals surface area contributed by atoms with Gasteiger partial charge in [-0.1, -0.05) is 30.3 Å². The van der Waals surface area contributed by atoms with Gasteiger partial charge in [-0.05, 0) is 12.0 Å². The zero-order valence-electron chi connectivity index (χ0n) is 11.9. The first-order chi connectivity index (χ1) is 9.40. The number of rotatable bonds is 8. The topological polar surface area (TPSA) is 118 Å². The smallest absolute Gasteiger partial charge is 0.320 e. The van der Waals surface area contributed by atoms with E-state index in [9.17, 15) is 14.4 Å². The first kappa shape index (κ1) is 22.8. The van der Waals surface area contributed by atoms with Crippen molar-refractivity contribution in [1.82, 2.24) is 0 Å². The van der Waals surface area contributed by atoms with Gasteiger partial charge in [-0.15, -0.1) is 0 Å². The van der Waals surface area contributed by atoms with Crippen molar-refractivity contribution in [2.24, 2.45) is 11.7 Å². The summed E-state index contributed by atoms with van der Waals surface area (Å²) in [4.78, 5) is 33.4. The van der Waals surface area contributed by atoms with Crippen LogP contribution in [0.25, 0.3) is 0 Å². The number of carbonyl (C=O) groups is 3. The van der Waals surface area contributed by atoms with E-state index in [2.05, 4.69) is 0 Å². The molecule has 4 N–H and O–H groups in total. The average molecular weight is 347 g/mol. The molecule has 0 spiro atoms. The van der Waals surface area contributed by atoms with E-state index in [0.29, 0.717) is 0 Å². The first-order valence-corrected chi connectivity index (χ1v) is 6.17. The van der Waals surface area contributed by atoms with Crippen molar-refractivity contribution in [2.45, 2.75) is 25.3 Å². The maximum Gasteiger partial charge on any atom is 0.320 e. The normalized spacial score (nSPS) is 12.2. The summed E-state index contributed by atoms with van der Waals surface area (Å²) in [5.74, 6) is -3.67. The number of benzene rings is 1. The Balaban J connectivity index is 0. The molecule has 0 amide bonds. The number of carbonyl (C=O) groups excluding carboxylic acids is 1. The van der Waals surface area contributed by atoms with Gasteiger partial charge in [0.25, 0.3) is 0 Å². The minimum absolute atomic E-state index is 0. The fourth-order valence-electron chi connectivity index (χ4n) is 1.84. The summed E-state index contributed by atoms with van der Waals surface area (Å²) < 4.78 is 0. The van der Waals surface area contributed by atoms with Crippen molar-refractivity contribution in [1.29, 1.82) is 0 Å². The average Bonchev–Trinajstić information content (AvgIpc) is 2.38. The molecule has 124 valence electrons. The zero-order chi connectivity index (χ0) is 15.1. The van der Waals surface area contributed by atoms with Crippen LogP contribution in [0.15, 0.2) is 30.3 Å². The number of hydrogen-bond donors (Lipinski definition) is 3. The molecule has 1 aromatic carbocycles. The minimum atomic E-state index is -1.28. The largest absolute Gasteiger partial charge is 0.481 e. The lowest BCUT2D eigenvalue weighted by Crippen LogP contribution is -2.33. The molecule has 0 aliphatic carbocycles. The van der Waals surface area contributed by atoms with Crippen molar-refractivity contribution in [2.75, 3.05) is 0 Å². The highest BCUT2D eigenvalue weighted by Gasteiger charge is 2.24. The van der Waals surface area contributed by atoms with Gasteiger partial charge in [0.1, 0.15) is 11.8 Å². The molecule has 0 aromatic heterocycles. The summed E-state index contributed by atoms with van der Waals surface area (Å²) in [7, 11) is 0. The van der Waals surface area contributed by atoms with Gasteiger partial charge in [0.2, 0.25) is 0 Å². The molecule has 0 radical (unpaired) electrons. The van der Waals surface area contributed by atoms with Gasteiger partial charge < -0.3 is 15.9 Å². The second-order valence-electron chi connectivity index (χ2n) is 4.62. The molecule has 6 nitrogen and oxygen atoms in total. The maximum absolute atomic E-state index is 11.7. The highest BCUT2D eigenvalue weighted by molar-refractivity contribution is 7.59. The summed E-state index contributed by atoms with van der Waals surface area (Å²) in [6.07, 6.45) is -0.344. The van der Waals surface area contributed by atoms with Gasteiger partial charge in [0.15, 0.2) is 0 Å². The van der Waals surface area contributed by atoms with Gasteiger partial charge in [-0.25, -0.2) is 0 Å². The SMILES string of the molecule is N[C@@H](CC(=O)C[C@@H](Cc1ccccc1)C(=O)O)C(=O)O.S.S. The monoisotopic (exact) mass is 347 g/mol. The lowest BCUT2D eigenvalue weighted by Gasteiger charge is -2.12. The summed E-state index contributed by atoms with van der Waals surface area (Å²) in [5.41, 5.74) is 6.07. The van der Waals surface area contributed by atoms with E-state index in [-0.39, 0.29) is 46.3 Å². The van der Waals surface area contributed by atoms with Crippen LogP contribution < -0.4 is 5.73 Å². The lowest BCUT2D eigenvalue weighted by atomic mass is 9.92. The van der Waals surface area contributed by atoms with Crippen molar-refractivity contribution >= 4 is 44.7 Å². The molecule has 22 heavy (non-hydrogen) atoms. The van der Waals surface area contributed by atoms with Gasteiger partial charge in [-0.2, -0.15) is 27.0 Å². The summed E-state index contributed by atoms with van der Waals surface area (Å²) in [5, 5.41) is 17.7. The number of carboxylic acid groups (broad SMARTS) is 2. The second kappa shape index (κ2) is 11.1. The maximum atomic E-state index is 11.7. The predicted molar refractivity (Wildman–Crippen MR) is 91.9 cm³/mol. The van der Waals surface area contributed by atoms with E-state index in [1.165, 1.54) is 0 Å². The molecule has 2 atom stereocenters. The van der Waals surface area contributed by atoms with E-state index in [1.54, 1.807) is 24.3 Å².